The average molecular weight is 687 g/mol. The largest absolute Gasteiger partial charge is 0.499 e. The fraction of sp³-hybridized carbons (Fsp3) is 0.906. The molecular weight excluding hydrogens is 624 g/mol. The molecule has 0 aromatic carbocycles. The summed E-state index contributed by atoms with van der Waals surface area (Å²) >= 11 is 0. The van der Waals surface area contributed by atoms with Crippen molar-refractivity contribution in [3.63, 3.8) is 0 Å². The molecule has 47 heavy (non-hydrogen) atoms. The summed E-state index contributed by atoms with van der Waals surface area (Å²) in [6, 6.07) is 0. The molecule has 0 saturated carbocycles. The van der Waals surface area contributed by atoms with Crippen LogP contribution in [0.25, 0.3) is 0 Å². The number of hydrogen-bond donors (Lipinski definition) is 0. The number of carbonyl (C=O) groups excluding carboxylic acids is 1. The lowest BCUT2D eigenvalue weighted by molar-refractivity contribution is -0.160. The van der Waals surface area contributed by atoms with E-state index in [9.17, 15) is 4.79 Å². The molecule has 0 N–H and O–H groups in total. The molecule has 0 radical (unpaired) electrons. The molecular formula is C32H62O15. The van der Waals surface area contributed by atoms with Gasteiger partial charge in [0.05, 0.1) is 158 Å². The Balaban J connectivity index is 3.09. The maximum absolute atomic E-state index is 11.5. The highest BCUT2D eigenvalue weighted by molar-refractivity contribution is 5.71. The van der Waals surface area contributed by atoms with Crippen LogP contribution in [0.2, 0.25) is 0 Å². The molecule has 0 aliphatic heterocycles. The average Bonchev–Trinajstić information content (AvgIpc) is 3.03. The molecule has 0 rings (SSSR count). The lowest BCUT2D eigenvalue weighted by Crippen LogP contribution is -2.27. The van der Waals surface area contributed by atoms with E-state index in [0.29, 0.717) is 159 Å². The van der Waals surface area contributed by atoms with Crippen LogP contribution in [0.4, 0.5) is 0 Å². The van der Waals surface area contributed by atoms with Crippen molar-refractivity contribution < 1.29 is 71.1 Å². The summed E-state index contributed by atoms with van der Waals surface area (Å²) in [7, 11) is 0. The molecule has 280 valence electrons. The predicted molar refractivity (Wildman–Crippen MR) is 172 cm³/mol. The zero-order valence-corrected chi connectivity index (χ0v) is 29.1. The van der Waals surface area contributed by atoms with Crippen LogP contribution in [0.5, 0.6) is 0 Å². The van der Waals surface area contributed by atoms with Crippen LogP contribution >= 0.6 is 0 Å². The van der Waals surface area contributed by atoms with Gasteiger partial charge in [-0.15, -0.1) is 0 Å². The van der Waals surface area contributed by atoms with Gasteiger partial charge in [0.15, 0.2) is 0 Å². The Morgan fingerprint density at radius 1 is 0.404 bits per heavy atom. The van der Waals surface area contributed by atoms with Gasteiger partial charge >= 0.3 is 5.97 Å². The third-order valence-corrected chi connectivity index (χ3v) is 5.20. The van der Waals surface area contributed by atoms with Crippen LogP contribution in [-0.4, -0.2) is 177 Å². The topological polar surface area (TPSA) is 146 Å². The van der Waals surface area contributed by atoms with Crippen molar-refractivity contribution >= 4 is 5.97 Å². The van der Waals surface area contributed by atoms with Gasteiger partial charge in [-0.2, -0.15) is 0 Å². The second-order valence-corrected chi connectivity index (χ2v) is 10.4. The summed E-state index contributed by atoms with van der Waals surface area (Å²) in [6.07, 6.45) is 1.39. The highest BCUT2D eigenvalue weighted by Crippen LogP contribution is 2.06. The van der Waals surface area contributed by atoms with Crippen LogP contribution in [0.15, 0.2) is 12.8 Å². The highest BCUT2D eigenvalue weighted by Gasteiger charge is 2.15. The van der Waals surface area contributed by atoms with Crippen molar-refractivity contribution in [1.82, 2.24) is 0 Å². The lowest BCUT2D eigenvalue weighted by Gasteiger charge is -2.19. The van der Waals surface area contributed by atoms with E-state index in [4.69, 9.17) is 66.3 Å². The Morgan fingerprint density at radius 2 is 0.617 bits per heavy atom. The highest BCUT2D eigenvalue weighted by atomic mass is 16.6. The Labute approximate surface area is 281 Å². The van der Waals surface area contributed by atoms with Gasteiger partial charge in [-0.3, -0.25) is 0 Å². The number of esters is 1. The van der Waals surface area contributed by atoms with E-state index >= 15 is 0 Å². The summed E-state index contributed by atoms with van der Waals surface area (Å²) in [5, 5.41) is 0. The molecule has 0 spiro atoms. The van der Waals surface area contributed by atoms with Crippen molar-refractivity contribution in [3.8, 4) is 0 Å². The van der Waals surface area contributed by atoms with E-state index in [0.717, 1.165) is 0 Å². The van der Waals surface area contributed by atoms with Crippen LogP contribution in [0.1, 0.15) is 20.8 Å². The van der Waals surface area contributed by atoms with Crippen LogP contribution in [-0.2, 0) is 71.1 Å². The molecule has 0 bridgehead atoms. The van der Waals surface area contributed by atoms with Crippen molar-refractivity contribution in [3.05, 3.63) is 12.8 Å². The van der Waals surface area contributed by atoms with Gasteiger partial charge in [-0.05, 0) is 20.8 Å². The minimum Gasteiger partial charge on any atom is -0.499 e. The quantitative estimate of drug-likeness (QED) is 0.0525. The van der Waals surface area contributed by atoms with Crippen molar-refractivity contribution in [1.29, 1.82) is 0 Å². The second-order valence-electron chi connectivity index (χ2n) is 10.4. The van der Waals surface area contributed by atoms with Gasteiger partial charge in [0.1, 0.15) is 18.8 Å². The van der Waals surface area contributed by atoms with Gasteiger partial charge in [-0.1, -0.05) is 6.58 Å². The maximum atomic E-state index is 11.5. The van der Waals surface area contributed by atoms with Crippen LogP contribution in [0, 0.1) is 0 Å². The van der Waals surface area contributed by atoms with Crippen molar-refractivity contribution in [2.24, 2.45) is 0 Å². The molecule has 15 heteroatoms. The van der Waals surface area contributed by atoms with Gasteiger partial charge in [0, 0.05) is 0 Å². The van der Waals surface area contributed by atoms with Crippen molar-refractivity contribution in [2.45, 2.75) is 26.4 Å². The molecule has 15 nitrogen and oxygen atoms in total. The van der Waals surface area contributed by atoms with Gasteiger partial charge in [0.25, 0.3) is 0 Å². The Hall–Kier alpha value is -1.47. The first-order chi connectivity index (χ1) is 23.0. The van der Waals surface area contributed by atoms with Crippen molar-refractivity contribution in [2.75, 3.05) is 165 Å². The fourth-order valence-corrected chi connectivity index (χ4v) is 3.14. The molecule has 0 heterocycles. The van der Waals surface area contributed by atoms with Gasteiger partial charge in [-0.25, -0.2) is 4.79 Å². The molecule has 0 amide bonds. The lowest BCUT2D eigenvalue weighted by atomic mass is 10.2. The number of carbonyl (C=O) groups is 1. The van der Waals surface area contributed by atoms with E-state index in [2.05, 4.69) is 6.58 Å². The third kappa shape index (κ3) is 42.5. The molecule has 0 aliphatic rings. The van der Waals surface area contributed by atoms with E-state index < -0.39 is 5.60 Å². The molecule has 0 aliphatic carbocycles. The summed E-state index contributed by atoms with van der Waals surface area (Å²) in [5.74, 6) is -0.388. The Kier molecular flexibility index (Phi) is 36.2. The summed E-state index contributed by atoms with van der Waals surface area (Å²) in [4.78, 5) is 11.5. The predicted octanol–water partition coefficient (Wildman–Crippen LogP) is 1.69. The Bertz CT molecular complexity index is 648. The third-order valence-electron chi connectivity index (χ3n) is 5.20. The zero-order chi connectivity index (χ0) is 34.4. The zero-order valence-electron chi connectivity index (χ0n) is 29.1. The Morgan fingerprint density at radius 3 is 0.830 bits per heavy atom. The van der Waals surface area contributed by atoms with E-state index in [1.54, 1.807) is 0 Å². The van der Waals surface area contributed by atoms with Crippen LogP contribution in [0.3, 0.4) is 0 Å². The van der Waals surface area contributed by atoms with Gasteiger partial charge in [0.2, 0.25) is 0 Å². The summed E-state index contributed by atoms with van der Waals surface area (Å²) < 4.78 is 75.0. The molecule has 0 aromatic rings. The monoisotopic (exact) mass is 686 g/mol. The standard InChI is InChI=1S/C32H62O15/c1-5-34-6-7-35-8-9-36-10-11-37-12-13-38-14-15-39-16-17-40-18-19-41-20-21-42-22-23-43-24-25-44-26-27-45-28-29-46-30-31(33)47-32(2,3)4/h5H,1,6-30H2,2-4H3. The van der Waals surface area contributed by atoms with E-state index in [-0.39, 0.29) is 12.6 Å². The molecule has 0 aromatic heterocycles. The summed E-state index contributed by atoms with van der Waals surface area (Å²) in [6.45, 7) is 20.4. The van der Waals surface area contributed by atoms with Crippen LogP contribution < -0.4 is 0 Å². The first-order valence-corrected chi connectivity index (χ1v) is 16.3. The SMILES string of the molecule is C=COCCOCCOCCOCCOCCOCCOCCOCCOCCOCCOCCOCCOCC(=O)OC(C)(C)C. The minimum absolute atomic E-state index is 0.0846. The number of rotatable bonds is 39. The first-order valence-electron chi connectivity index (χ1n) is 16.3. The molecule has 0 saturated heterocycles. The molecule has 0 unspecified atom stereocenters. The first kappa shape index (κ1) is 45.5. The molecule has 0 atom stereocenters. The van der Waals surface area contributed by atoms with Gasteiger partial charge < -0.3 is 66.3 Å². The van der Waals surface area contributed by atoms with E-state index in [1.807, 2.05) is 20.8 Å². The minimum atomic E-state index is -0.512. The maximum Gasteiger partial charge on any atom is 0.332 e. The molecule has 0 fully saturated rings. The smallest absolute Gasteiger partial charge is 0.332 e. The fourth-order valence-electron chi connectivity index (χ4n) is 3.14. The van der Waals surface area contributed by atoms with E-state index in [1.165, 1.54) is 6.26 Å². The number of hydrogen-bond acceptors (Lipinski definition) is 15. The summed E-state index contributed by atoms with van der Waals surface area (Å²) in [5.41, 5.74) is -0.512. The number of ether oxygens (including phenoxy) is 14. The normalized spacial score (nSPS) is 11.6. The second kappa shape index (κ2) is 37.4.